The fraction of sp³-hybridized carbons (Fsp3) is 0.417. The number of nitrogens with one attached hydrogen (secondary N) is 1. The zero-order chi connectivity index (χ0) is 14.6. The van der Waals surface area contributed by atoms with Gasteiger partial charge in [0.05, 0.1) is 5.56 Å². The number of aliphatic carboxylic acids is 2. The highest BCUT2D eigenvalue weighted by atomic mass is 32.1. The van der Waals surface area contributed by atoms with Crippen LogP contribution in [0.2, 0.25) is 0 Å². The quantitative estimate of drug-likeness (QED) is 0.733. The lowest BCUT2D eigenvalue weighted by Crippen LogP contribution is -2.41. The third-order valence-corrected chi connectivity index (χ3v) is 3.50. The summed E-state index contributed by atoms with van der Waals surface area (Å²) in [4.78, 5) is 35.1. The van der Waals surface area contributed by atoms with Crippen molar-refractivity contribution in [2.45, 2.75) is 32.7 Å². The van der Waals surface area contributed by atoms with Gasteiger partial charge in [0.2, 0.25) is 0 Å². The van der Waals surface area contributed by atoms with Gasteiger partial charge in [-0.25, -0.2) is 4.79 Å². The van der Waals surface area contributed by atoms with E-state index in [-0.39, 0.29) is 12.8 Å². The molecule has 1 atom stereocenters. The molecule has 1 aromatic heterocycles. The molecule has 1 rings (SSSR count). The average Bonchev–Trinajstić information content (AvgIpc) is 2.62. The minimum absolute atomic E-state index is 0.140. The van der Waals surface area contributed by atoms with Crippen LogP contribution >= 0.6 is 11.3 Å². The maximum Gasteiger partial charge on any atom is 0.326 e. The fourth-order valence-corrected chi connectivity index (χ4v) is 2.54. The van der Waals surface area contributed by atoms with Gasteiger partial charge in [-0.05, 0) is 26.3 Å². The van der Waals surface area contributed by atoms with Gasteiger partial charge in [-0.15, -0.1) is 11.3 Å². The van der Waals surface area contributed by atoms with Crippen LogP contribution in [-0.2, 0) is 9.59 Å². The number of rotatable bonds is 6. The highest BCUT2D eigenvalue weighted by Crippen LogP contribution is 2.20. The normalized spacial score (nSPS) is 11.9. The largest absolute Gasteiger partial charge is 0.481 e. The molecule has 19 heavy (non-hydrogen) atoms. The van der Waals surface area contributed by atoms with Gasteiger partial charge < -0.3 is 15.5 Å². The molecule has 7 heteroatoms. The van der Waals surface area contributed by atoms with E-state index in [2.05, 4.69) is 5.32 Å². The van der Waals surface area contributed by atoms with Crippen LogP contribution in [0.1, 0.15) is 33.0 Å². The standard InChI is InChI=1S/C12H15NO5S/c1-6-5-8(7(2)19-6)11(16)13-9(12(17)18)3-4-10(14)15/h5,9H,3-4H2,1-2H3,(H,13,16)(H,14,15)(H,17,18). The molecule has 0 spiro atoms. The summed E-state index contributed by atoms with van der Waals surface area (Å²) in [5.74, 6) is -2.82. The minimum atomic E-state index is -1.24. The van der Waals surface area contributed by atoms with Crippen LogP contribution < -0.4 is 5.32 Å². The molecule has 1 amide bonds. The molecule has 1 aromatic rings. The third-order valence-electron chi connectivity index (χ3n) is 2.54. The number of amides is 1. The third kappa shape index (κ3) is 4.36. The lowest BCUT2D eigenvalue weighted by Gasteiger charge is -2.13. The zero-order valence-electron chi connectivity index (χ0n) is 10.6. The summed E-state index contributed by atoms with van der Waals surface area (Å²) < 4.78 is 0. The molecule has 0 saturated carbocycles. The van der Waals surface area contributed by atoms with Crippen molar-refractivity contribution in [3.05, 3.63) is 21.4 Å². The van der Waals surface area contributed by atoms with E-state index in [1.165, 1.54) is 11.3 Å². The lowest BCUT2D eigenvalue weighted by molar-refractivity contribution is -0.140. The molecule has 3 N–H and O–H groups in total. The number of thiophene rings is 1. The van der Waals surface area contributed by atoms with Crippen LogP contribution in [0.25, 0.3) is 0 Å². The first-order chi connectivity index (χ1) is 8.81. The summed E-state index contributed by atoms with van der Waals surface area (Å²) in [6.45, 7) is 3.63. The molecule has 0 bridgehead atoms. The summed E-state index contributed by atoms with van der Waals surface area (Å²) in [5.41, 5.74) is 0.434. The summed E-state index contributed by atoms with van der Waals surface area (Å²) in [5, 5.41) is 19.8. The first-order valence-electron chi connectivity index (χ1n) is 5.63. The van der Waals surface area contributed by atoms with Crippen molar-refractivity contribution in [1.29, 1.82) is 0 Å². The van der Waals surface area contributed by atoms with Crippen molar-refractivity contribution in [2.75, 3.05) is 0 Å². The predicted molar refractivity (Wildman–Crippen MR) is 69.6 cm³/mol. The van der Waals surface area contributed by atoms with Gasteiger partial charge in [0.25, 0.3) is 5.91 Å². The molecule has 1 unspecified atom stereocenters. The van der Waals surface area contributed by atoms with E-state index in [0.29, 0.717) is 5.56 Å². The smallest absolute Gasteiger partial charge is 0.326 e. The van der Waals surface area contributed by atoms with Crippen molar-refractivity contribution in [3.63, 3.8) is 0 Å². The van der Waals surface area contributed by atoms with Gasteiger partial charge in [0.1, 0.15) is 6.04 Å². The summed E-state index contributed by atoms with van der Waals surface area (Å²) >= 11 is 1.45. The molecule has 0 saturated heterocycles. The SMILES string of the molecule is Cc1cc(C(=O)NC(CCC(=O)O)C(=O)O)c(C)s1. The van der Waals surface area contributed by atoms with E-state index in [0.717, 1.165) is 9.75 Å². The highest BCUT2D eigenvalue weighted by molar-refractivity contribution is 7.12. The molecule has 104 valence electrons. The van der Waals surface area contributed by atoms with Crippen LogP contribution in [0.4, 0.5) is 0 Å². The second-order valence-corrected chi connectivity index (χ2v) is 5.58. The van der Waals surface area contributed by atoms with E-state index in [1.54, 1.807) is 13.0 Å². The number of aryl methyl sites for hydroxylation is 2. The maximum absolute atomic E-state index is 11.9. The lowest BCUT2D eigenvalue weighted by atomic mass is 10.1. The molecular formula is C12H15NO5S. The molecule has 0 aromatic carbocycles. The first kappa shape index (κ1) is 15.2. The Bertz CT molecular complexity index is 508. The van der Waals surface area contributed by atoms with Gasteiger partial charge >= 0.3 is 11.9 Å². The van der Waals surface area contributed by atoms with Crippen molar-refractivity contribution in [2.24, 2.45) is 0 Å². The van der Waals surface area contributed by atoms with Crippen LogP contribution in [-0.4, -0.2) is 34.1 Å². The monoisotopic (exact) mass is 285 g/mol. The zero-order valence-corrected chi connectivity index (χ0v) is 11.4. The van der Waals surface area contributed by atoms with Gasteiger partial charge in [-0.2, -0.15) is 0 Å². The van der Waals surface area contributed by atoms with Crippen LogP contribution in [0.3, 0.4) is 0 Å². The molecule has 0 radical (unpaired) electrons. The van der Waals surface area contributed by atoms with E-state index >= 15 is 0 Å². The number of carboxylic acids is 2. The number of carbonyl (C=O) groups excluding carboxylic acids is 1. The number of carboxylic acid groups (broad SMARTS) is 2. The summed E-state index contributed by atoms with van der Waals surface area (Å²) in [6.07, 6.45) is -0.447. The van der Waals surface area contributed by atoms with Gasteiger partial charge in [0.15, 0.2) is 0 Å². The second-order valence-electron chi connectivity index (χ2n) is 4.12. The van der Waals surface area contributed by atoms with E-state index in [1.807, 2.05) is 6.92 Å². The maximum atomic E-state index is 11.9. The number of hydrogen-bond acceptors (Lipinski definition) is 4. The number of carbonyl (C=O) groups is 3. The average molecular weight is 285 g/mol. The van der Waals surface area contributed by atoms with Crippen molar-refractivity contribution in [3.8, 4) is 0 Å². The van der Waals surface area contributed by atoms with E-state index in [9.17, 15) is 14.4 Å². The van der Waals surface area contributed by atoms with E-state index < -0.39 is 23.9 Å². The van der Waals surface area contributed by atoms with Gasteiger partial charge in [-0.3, -0.25) is 9.59 Å². The number of hydrogen-bond donors (Lipinski definition) is 3. The highest BCUT2D eigenvalue weighted by Gasteiger charge is 2.22. The Morgan fingerprint density at radius 1 is 1.32 bits per heavy atom. The van der Waals surface area contributed by atoms with Crippen LogP contribution in [0, 0.1) is 13.8 Å². The van der Waals surface area contributed by atoms with E-state index in [4.69, 9.17) is 10.2 Å². The Kier molecular flexibility index (Phi) is 5.05. The molecule has 0 aliphatic carbocycles. The second kappa shape index (κ2) is 6.33. The Hall–Kier alpha value is -1.89. The molecule has 0 aliphatic heterocycles. The van der Waals surface area contributed by atoms with Gasteiger partial charge in [-0.1, -0.05) is 0 Å². The first-order valence-corrected chi connectivity index (χ1v) is 6.45. The topological polar surface area (TPSA) is 104 Å². The van der Waals surface area contributed by atoms with Gasteiger partial charge in [0, 0.05) is 16.2 Å². The van der Waals surface area contributed by atoms with Crippen molar-refractivity contribution >= 4 is 29.2 Å². The van der Waals surface area contributed by atoms with Crippen molar-refractivity contribution in [1.82, 2.24) is 5.32 Å². The minimum Gasteiger partial charge on any atom is -0.481 e. The fourth-order valence-electron chi connectivity index (χ4n) is 1.62. The molecule has 1 heterocycles. The Balaban J connectivity index is 2.74. The molecular weight excluding hydrogens is 270 g/mol. The van der Waals surface area contributed by atoms with Crippen LogP contribution in [0.5, 0.6) is 0 Å². The Labute approximate surface area is 114 Å². The molecule has 6 nitrogen and oxygen atoms in total. The Morgan fingerprint density at radius 2 is 1.95 bits per heavy atom. The summed E-state index contributed by atoms with van der Waals surface area (Å²) in [7, 11) is 0. The predicted octanol–water partition coefficient (Wildman–Crippen LogP) is 1.41. The Morgan fingerprint density at radius 3 is 2.37 bits per heavy atom. The molecule has 0 fully saturated rings. The summed E-state index contributed by atoms with van der Waals surface area (Å²) in [6, 6.07) is 0.494. The molecule has 0 aliphatic rings. The van der Waals surface area contributed by atoms with Crippen molar-refractivity contribution < 1.29 is 24.6 Å². The van der Waals surface area contributed by atoms with Crippen LogP contribution in [0.15, 0.2) is 6.07 Å².